The number of hydrogen-bond acceptors (Lipinski definition) is 6. The van der Waals surface area contributed by atoms with Crippen LogP contribution in [0.15, 0.2) is 30.9 Å². The summed E-state index contributed by atoms with van der Waals surface area (Å²) in [6, 6.07) is 1.95. The maximum absolute atomic E-state index is 12.8. The number of nitrogens with one attached hydrogen (secondary N) is 1. The number of hydrogen-bond donors (Lipinski definition) is 1. The number of carbonyl (C=O) groups is 1. The molecule has 0 unspecified atom stereocenters. The largest absolute Gasteiger partial charge is 0.342 e. The standard InChI is InChI=1S/C19H24N6O/c26-18(14-4-1-2-5-14)25-11-3-6-15(13-25)16-7-8-22-19(23-16)24-17-12-20-9-10-21-17/h7-10,12,14-15H,1-6,11,13H2,(H,21,22,23,24)/t15-/m1/s1. The number of likely N-dealkylation sites (tertiary alicyclic amines) is 1. The Kier molecular flexibility index (Phi) is 5.04. The molecule has 7 nitrogen and oxygen atoms in total. The maximum Gasteiger partial charge on any atom is 0.228 e. The third-order valence-electron chi connectivity index (χ3n) is 5.34. The van der Waals surface area contributed by atoms with E-state index in [1.54, 1.807) is 24.8 Å². The fourth-order valence-corrected chi connectivity index (χ4v) is 3.99. The van der Waals surface area contributed by atoms with Crippen molar-refractivity contribution >= 4 is 17.7 Å². The Morgan fingerprint density at radius 1 is 1.08 bits per heavy atom. The summed E-state index contributed by atoms with van der Waals surface area (Å²) in [4.78, 5) is 32.0. The van der Waals surface area contributed by atoms with Crippen molar-refractivity contribution in [2.75, 3.05) is 18.4 Å². The minimum atomic E-state index is 0.244. The van der Waals surface area contributed by atoms with Crippen molar-refractivity contribution in [3.05, 3.63) is 36.5 Å². The zero-order valence-corrected chi connectivity index (χ0v) is 14.8. The van der Waals surface area contributed by atoms with E-state index in [0.29, 0.717) is 17.7 Å². The van der Waals surface area contributed by atoms with Crippen LogP contribution >= 0.6 is 0 Å². The van der Waals surface area contributed by atoms with Gasteiger partial charge >= 0.3 is 0 Å². The fraction of sp³-hybridized carbons (Fsp3) is 0.526. The number of piperidine rings is 1. The Morgan fingerprint density at radius 2 is 1.96 bits per heavy atom. The first-order valence-corrected chi connectivity index (χ1v) is 9.44. The minimum Gasteiger partial charge on any atom is -0.342 e. The monoisotopic (exact) mass is 352 g/mol. The lowest BCUT2D eigenvalue weighted by molar-refractivity contribution is -0.136. The number of rotatable bonds is 4. The van der Waals surface area contributed by atoms with Gasteiger partial charge in [-0.15, -0.1) is 0 Å². The van der Waals surface area contributed by atoms with E-state index >= 15 is 0 Å². The van der Waals surface area contributed by atoms with E-state index in [1.165, 1.54) is 12.8 Å². The fourth-order valence-electron chi connectivity index (χ4n) is 3.99. The molecule has 1 atom stereocenters. The summed E-state index contributed by atoms with van der Waals surface area (Å²) in [5.74, 6) is 1.99. The number of nitrogens with zero attached hydrogens (tertiary/aromatic N) is 5. The second-order valence-corrected chi connectivity index (χ2v) is 7.13. The molecule has 1 saturated heterocycles. The summed E-state index contributed by atoms with van der Waals surface area (Å²) >= 11 is 0. The van der Waals surface area contributed by atoms with Crippen LogP contribution in [0.25, 0.3) is 0 Å². The quantitative estimate of drug-likeness (QED) is 0.911. The highest BCUT2D eigenvalue weighted by atomic mass is 16.2. The zero-order valence-electron chi connectivity index (χ0n) is 14.8. The number of anilines is 2. The van der Waals surface area contributed by atoms with Crippen molar-refractivity contribution in [3.63, 3.8) is 0 Å². The molecule has 2 aromatic heterocycles. The van der Waals surface area contributed by atoms with E-state index in [9.17, 15) is 4.79 Å². The van der Waals surface area contributed by atoms with Crippen molar-refractivity contribution < 1.29 is 4.79 Å². The lowest BCUT2D eigenvalue weighted by Crippen LogP contribution is -2.42. The molecule has 2 aromatic rings. The van der Waals surface area contributed by atoms with Crippen molar-refractivity contribution in [3.8, 4) is 0 Å². The van der Waals surface area contributed by atoms with Gasteiger partial charge in [0.1, 0.15) is 0 Å². The lowest BCUT2D eigenvalue weighted by atomic mass is 9.93. The summed E-state index contributed by atoms with van der Waals surface area (Å²) in [5.41, 5.74) is 0.982. The molecule has 136 valence electrons. The lowest BCUT2D eigenvalue weighted by Gasteiger charge is -2.34. The Balaban J connectivity index is 1.45. The van der Waals surface area contributed by atoms with Crippen LogP contribution in [0, 0.1) is 5.92 Å². The van der Waals surface area contributed by atoms with Gasteiger partial charge in [0.2, 0.25) is 11.9 Å². The van der Waals surface area contributed by atoms with Gasteiger partial charge in [0.15, 0.2) is 5.82 Å². The molecule has 4 rings (SSSR count). The van der Waals surface area contributed by atoms with Crippen LogP contribution in [-0.4, -0.2) is 43.8 Å². The molecule has 0 radical (unpaired) electrons. The molecule has 1 aliphatic carbocycles. The highest BCUT2D eigenvalue weighted by Crippen LogP contribution is 2.31. The molecule has 1 amide bonds. The van der Waals surface area contributed by atoms with Crippen LogP contribution in [0.2, 0.25) is 0 Å². The van der Waals surface area contributed by atoms with Gasteiger partial charge in [0.05, 0.1) is 11.9 Å². The Morgan fingerprint density at radius 3 is 2.77 bits per heavy atom. The van der Waals surface area contributed by atoms with Crippen molar-refractivity contribution in [1.29, 1.82) is 0 Å². The third-order valence-corrected chi connectivity index (χ3v) is 5.34. The number of amides is 1. The highest BCUT2D eigenvalue weighted by molar-refractivity contribution is 5.79. The molecule has 2 fully saturated rings. The van der Waals surface area contributed by atoms with Gasteiger partial charge in [-0.05, 0) is 31.7 Å². The van der Waals surface area contributed by atoms with E-state index in [-0.39, 0.29) is 11.8 Å². The van der Waals surface area contributed by atoms with Crippen LogP contribution in [0.5, 0.6) is 0 Å². The Hall–Kier alpha value is -2.57. The molecule has 0 aromatic carbocycles. The average Bonchev–Trinajstić information content (AvgIpc) is 3.23. The van der Waals surface area contributed by atoms with Gasteiger partial charge in [-0.1, -0.05) is 12.8 Å². The average molecular weight is 352 g/mol. The van der Waals surface area contributed by atoms with Gasteiger partial charge in [-0.3, -0.25) is 9.78 Å². The minimum absolute atomic E-state index is 0.244. The van der Waals surface area contributed by atoms with E-state index in [0.717, 1.165) is 44.5 Å². The second kappa shape index (κ2) is 7.76. The SMILES string of the molecule is O=C(C1CCCC1)N1CCC[C@@H](c2ccnc(Nc3cnccn3)n2)C1. The van der Waals surface area contributed by atoms with Crippen molar-refractivity contribution in [2.45, 2.75) is 44.4 Å². The smallest absolute Gasteiger partial charge is 0.228 e. The summed E-state index contributed by atoms with van der Waals surface area (Å²) in [6.45, 7) is 1.64. The second-order valence-electron chi connectivity index (χ2n) is 7.13. The molecular weight excluding hydrogens is 328 g/mol. The Bertz CT molecular complexity index is 747. The van der Waals surface area contributed by atoms with Crippen LogP contribution in [0.1, 0.15) is 50.1 Å². The van der Waals surface area contributed by atoms with E-state index in [2.05, 4.69) is 30.2 Å². The molecule has 0 bridgehead atoms. The predicted molar refractivity (Wildman–Crippen MR) is 97.9 cm³/mol. The van der Waals surface area contributed by atoms with Gasteiger partial charge in [-0.25, -0.2) is 15.0 Å². The molecule has 2 aliphatic rings. The summed E-state index contributed by atoms with van der Waals surface area (Å²) in [7, 11) is 0. The van der Waals surface area contributed by atoms with E-state index < -0.39 is 0 Å². The number of aromatic nitrogens is 4. The first-order valence-electron chi connectivity index (χ1n) is 9.44. The summed E-state index contributed by atoms with van der Waals surface area (Å²) in [5, 5.41) is 3.09. The van der Waals surface area contributed by atoms with Crippen molar-refractivity contribution in [2.24, 2.45) is 5.92 Å². The molecule has 1 saturated carbocycles. The molecule has 1 aliphatic heterocycles. The highest BCUT2D eigenvalue weighted by Gasteiger charge is 2.31. The molecule has 0 spiro atoms. The first kappa shape index (κ1) is 16.9. The van der Waals surface area contributed by atoms with Crippen LogP contribution < -0.4 is 5.32 Å². The van der Waals surface area contributed by atoms with Crippen molar-refractivity contribution in [1.82, 2.24) is 24.8 Å². The molecule has 3 heterocycles. The van der Waals surface area contributed by atoms with Gasteiger partial charge in [0, 0.05) is 43.5 Å². The van der Waals surface area contributed by atoms with Gasteiger partial charge in [-0.2, -0.15) is 0 Å². The summed E-state index contributed by atoms with van der Waals surface area (Å²) < 4.78 is 0. The maximum atomic E-state index is 12.8. The molecule has 7 heteroatoms. The molecular formula is C19H24N6O. The van der Waals surface area contributed by atoms with Crippen LogP contribution in [-0.2, 0) is 4.79 Å². The normalized spacial score (nSPS) is 20.9. The van der Waals surface area contributed by atoms with E-state index in [1.807, 2.05) is 6.07 Å². The van der Waals surface area contributed by atoms with Crippen LogP contribution in [0.4, 0.5) is 11.8 Å². The molecule has 26 heavy (non-hydrogen) atoms. The topological polar surface area (TPSA) is 83.9 Å². The number of carbonyl (C=O) groups excluding carboxylic acids is 1. The van der Waals surface area contributed by atoms with E-state index in [4.69, 9.17) is 0 Å². The predicted octanol–water partition coefficient (Wildman–Crippen LogP) is 2.91. The van der Waals surface area contributed by atoms with Gasteiger partial charge < -0.3 is 10.2 Å². The first-order chi connectivity index (χ1) is 12.8. The molecule has 1 N–H and O–H groups in total. The Labute approximate surface area is 153 Å². The van der Waals surface area contributed by atoms with Gasteiger partial charge in [0.25, 0.3) is 0 Å². The van der Waals surface area contributed by atoms with Crippen LogP contribution in [0.3, 0.4) is 0 Å². The summed E-state index contributed by atoms with van der Waals surface area (Å²) in [6.07, 6.45) is 13.2. The zero-order chi connectivity index (χ0) is 17.8. The third kappa shape index (κ3) is 3.81.